The van der Waals surface area contributed by atoms with E-state index in [1.807, 2.05) is 6.92 Å². The van der Waals surface area contributed by atoms with E-state index in [4.69, 9.17) is 0 Å². The van der Waals surface area contributed by atoms with Crippen molar-refractivity contribution < 1.29 is 9.59 Å². The zero-order chi connectivity index (χ0) is 12.8. The van der Waals surface area contributed by atoms with Gasteiger partial charge in [0.1, 0.15) is 0 Å². The van der Waals surface area contributed by atoms with Crippen LogP contribution < -0.4 is 0 Å². The van der Waals surface area contributed by atoms with Gasteiger partial charge in [-0.3, -0.25) is 9.59 Å². The van der Waals surface area contributed by atoms with Gasteiger partial charge in [0.25, 0.3) is 0 Å². The molecule has 0 bridgehead atoms. The highest BCUT2D eigenvalue weighted by molar-refractivity contribution is 7.80. The SMILES string of the molecule is CCCC(CS)CN1CCN(CC)C(=O)C1=O. The van der Waals surface area contributed by atoms with Gasteiger partial charge in [0.05, 0.1) is 0 Å². The van der Waals surface area contributed by atoms with Crippen molar-refractivity contribution in [2.45, 2.75) is 26.7 Å². The number of carbonyl (C=O) groups is 2. The van der Waals surface area contributed by atoms with Gasteiger partial charge in [-0.2, -0.15) is 12.6 Å². The average Bonchev–Trinajstić information content (AvgIpc) is 2.34. The highest BCUT2D eigenvalue weighted by Gasteiger charge is 2.32. The van der Waals surface area contributed by atoms with Crippen LogP contribution in [0.2, 0.25) is 0 Å². The van der Waals surface area contributed by atoms with Crippen LogP contribution in [0.1, 0.15) is 26.7 Å². The van der Waals surface area contributed by atoms with Crippen LogP contribution in [-0.4, -0.2) is 53.5 Å². The number of amides is 2. The first-order valence-corrected chi connectivity index (χ1v) is 6.96. The Balaban J connectivity index is 2.55. The second kappa shape index (κ2) is 6.89. The Kier molecular flexibility index (Phi) is 5.82. The van der Waals surface area contributed by atoms with E-state index in [-0.39, 0.29) is 11.8 Å². The Morgan fingerprint density at radius 3 is 2.29 bits per heavy atom. The zero-order valence-corrected chi connectivity index (χ0v) is 11.6. The van der Waals surface area contributed by atoms with E-state index in [1.54, 1.807) is 9.80 Å². The molecule has 0 aromatic rings. The van der Waals surface area contributed by atoms with Crippen LogP contribution in [0.25, 0.3) is 0 Å². The Hall–Kier alpha value is -0.710. The third-order valence-corrected chi connectivity index (χ3v) is 3.73. The normalized spacial score (nSPS) is 18.8. The summed E-state index contributed by atoms with van der Waals surface area (Å²) in [6.45, 7) is 6.62. The summed E-state index contributed by atoms with van der Waals surface area (Å²) in [7, 11) is 0. The number of carbonyl (C=O) groups excluding carboxylic acids is 2. The van der Waals surface area contributed by atoms with Crippen LogP contribution in [0.3, 0.4) is 0 Å². The molecule has 4 nitrogen and oxygen atoms in total. The summed E-state index contributed by atoms with van der Waals surface area (Å²) in [6.07, 6.45) is 2.14. The predicted octanol–water partition coefficient (Wildman–Crippen LogP) is 1.02. The molecule has 0 radical (unpaired) electrons. The molecule has 0 aromatic carbocycles. The summed E-state index contributed by atoms with van der Waals surface area (Å²) in [5.74, 6) is 0.464. The highest BCUT2D eigenvalue weighted by atomic mass is 32.1. The smallest absolute Gasteiger partial charge is 0.312 e. The minimum absolute atomic E-state index is 0.346. The predicted molar refractivity (Wildman–Crippen MR) is 71.1 cm³/mol. The van der Waals surface area contributed by atoms with Gasteiger partial charge in [-0.05, 0) is 25.0 Å². The fourth-order valence-electron chi connectivity index (χ4n) is 2.15. The van der Waals surface area contributed by atoms with E-state index < -0.39 is 0 Å². The van der Waals surface area contributed by atoms with E-state index in [0.29, 0.717) is 32.1 Å². The Labute approximate surface area is 109 Å². The zero-order valence-electron chi connectivity index (χ0n) is 10.7. The fraction of sp³-hybridized carbons (Fsp3) is 0.833. The Morgan fingerprint density at radius 2 is 1.76 bits per heavy atom. The van der Waals surface area contributed by atoms with Crippen LogP contribution in [0.4, 0.5) is 0 Å². The van der Waals surface area contributed by atoms with E-state index in [9.17, 15) is 9.59 Å². The van der Waals surface area contributed by atoms with Crippen molar-refractivity contribution in [2.75, 3.05) is 31.9 Å². The first-order valence-electron chi connectivity index (χ1n) is 6.33. The van der Waals surface area contributed by atoms with E-state index in [0.717, 1.165) is 18.6 Å². The molecule has 98 valence electrons. The second-order valence-electron chi connectivity index (χ2n) is 4.47. The maximum atomic E-state index is 11.9. The van der Waals surface area contributed by atoms with Gasteiger partial charge in [-0.1, -0.05) is 13.3 Å². The Bertz CT molecular complexity index is 284. The summed E-state index contributed by atoms with van der Waals surface area (Å²) in [6, 6.07) is 0. The van der Waals surface area contributed by atoms with Crippen molar-refractivity contribution in [2.24, 2.45) is 5.92 Å². The number of thiol groups is 1. The van der Waals surface area contributed by atoms with Crippen molar-refractivity contribution in [3.05, 3.63) is 0 Å². The highest BCUT2D eigenvalue weighted by Crippen LogP contribution is 2.13. The minimum atomic E-state index is -0.354. The molecule has 17 heavy (non-hydrogen) atoms. The van der Waals surface area contributed by atoms with Gasteiger partial charge in [0.15, 0.2) is 0 Å². The third-order valence-electron chi connectivity index (χ3n) is 3.21. The molecule has 0 aromatic heterocycles. The van der Waals surface area contributed by atoms with Crippen molar-refractivity contribution in [1.82, 2.24) is 9.80 Å². The lowest BCUT2D eigenvalue weighted by Crippen LogP contribution is -2.55. The van der Waals surface area contributed by atoms with Gasteiger partial charge in [-0.15, -0.1) is 0 Å². The second-order valence-corrected chi connectivity index (χ2v) is 4.84. The lowest BCUT2D eigenvalue weighted by molar-refractivity contribution is -0.156. The van der Waals surface area contributed by atoms with Gasteiger partial charge in [0, 0.05) is 26.2 Å². The summed E-state index contributed by atoms with van der Waals surface area (Å²) in [5, 5.41) is 0. The molecule has 1 heterocycles. The van der Waals surface area contributed by atoms with Gasteiger partial charge < -0.3 is 9.80 Å². The molecule has 0 saturated carbocycles. The summed E-state index contributed by atoms with van der Waals surface area (Å²) in [4.78, 5) is 26.9. The fourth-order valence-corrected chi connectivity index (χ4v) is 2.45. The van der Waals surface area contributed by atoms with Crippen LogP contribution in [0.15, 0.2) is 0 Å². The summed E-state index contributed by atoms with van der Waals surface area (Å²) >= 11 is 4.30. The molecule has 2 amide bonds. The van der Waals surface area contributed by atoms with Crippen molar-refractivity contribution in [3.8, 4) is 0 Å². The molecule has 1 atom stereocenters. The van der Waals surface area contributed by atoms with E-state index in [1.165, 1.54) is 0 Å². The van der Waals surface area contributed by atoms with Crippen molar-refractivity contribution in [1.29, 1.82) is 0 Å². The number of hydrogen-bond donors (Lipinski definition) is 1. The summed E-state index contributed by atoms with van der Waals surface area (Å²) in [5.41, 5.74) is 0. The van der Waals surface area contributed by atoms with Crippen LogP contribution in [-0.2, 0) is 9.59 Å². The van der Waals surface area contributed by atoms with Crippen molar-refractivity contribution in [3.63, 3.8) is 0 Å². The quantitative estimate of drug-likeness (QED) is 0.571. The first-order chi connectivity index (χ1) is 8.13. The number of rotatable bonds is 6. The molecule has 1 aliphatic heterocycles. The van der Waals surface area contributed by atoms with Crippen LogP contribution >= 0.6 is 12.6 Å². The molecule has 0 spiro atoms. The lowest BCUT2D eigenvalue weighted by atomic mass is 10.0. The molecular weight excluding hydrogens is 236 g/mol. The molecule has 0 aliphatic carbocycles. The maximum absolute atomic E-state index is 11.9. The molecule has 1 aliphatic rings. The standard InChI is InChI=1S/C12H22N2O2S/c1-3-5-10(9-17)8-14-7-6-13(4-2)11(15)12(14)16/h10,17H,3-9H2,1-2H3. The number of likely N-dealkylation sites (N-methyl/N-ethyl adjacent to an activating group) is 1. The average molecular weight is 258 g/mol. The molecule has 1 unspecified atom stereocenters. The van der Waals surface area contributed by atoms with E-state index >= 15 is 0 Å². The number of nitrogens with zero attached hydrogens (tertiary/aromatic N) is 2. The third kappa shape index (κ3) is 3.63. The number of hydrogen-bond acceptors (Lipinski definition) is 3. The molecule has 5 heteroatoms. The van der Waals surface area contributed by atoms with Crippen LogP contribution in [0, 0.1) is 5.92 Å². The largest absolute Gasteiger partial charge is 0.333 e. The number of piperazine rings is 1. The first kappa shape index (κ1) is 14.4. The maximum Gasteiger partial charge on any atom is 0.312 e. The summed E-state index contributed by atoms with van der Waals surface area (Å²) < 4.78 is 0. The minimum Gasteiger partial charge on any atom is -0.333 e. The molecule has 1 rings (SSSR count). The van der Waals surface area contributed by atoms with E-state index in [2.05, 4.69) is 19.6 Å². The van der Waals surface area contributed by atoms with Crippen LogP contribution in [0.5, 0.6) is 0 Å². The molecule has 1 saturated heterocycles. The molecule has 0 N–H and O–H groups in total. The van der Waals surface area contributed by atoms with Gasteiger partial charge in [-0.25, -0.2) is 0 Å². The van der Waals surface area contributed by atoms with Gasteiger partial charge in [0.2, 0.25) is 0 Å². The molecule has 1 fully saturated rings. The topological polar surface area (TPSA) is 40.6 Å². The van der Waals surface area contributed by atoms with Crippen molar-refractivity contribution >= 4 is 24.4 Å². The van der Waals surface area contributed by atoms with Gasteiger partial charge >= 0.3 is 11.8 Å². The lowest BCUT2D eigenvalue weighted by Gasteiger charge is -2.34. The Morgan fingerprint density at radius 1 is 1.18 bits per heavy atom. The molecular formula is C12H22N2O2S. The monoisotopic (exact) mass is 258 g/mol.